The fourth-order valence-electron chi connectivity index (χ4n) is 3.60. The Kier molecular flexibility index (Phi) is 4.70. The highest BCUT2D eigenvalue weighted by molar-refractivity contribution is 5.98. The number of hydrogen-bond acceptors (Lipinski definition) is 3. The summed E-state index contributed by atoms with van der Waals surface area (Å²) in [5.74, 6) is -0.117. The number of rotatable bonds is 4. The maximum absolute atomic E-state index is 13.4. The Hall–Kier alpha value is -3.41. The van der Waals surface area contributed by atoms with Crippen LogP contribution in [0.4, 0.5) is 0 Å². The average Bonchev–Trinajstić information content (AvgIpc) is 3.04. The predicted molar refractivity (Wildman–Crippen MR) is 114 cm³/mol. The maximum Gasteiger partial charge on any atom is 0.271 e. The van der Waals surface area contributed by atoms with Gasteiger partial charge in [0.15, 0.2) is 0 Å². The first-order chi connectivity index (χ1) is 13.9. The molecule has 148 valence electrons. The fraction of sp³-hybridized carbons (Fsp3) is 0.261. The number of fused-ring (bicyclic) bond motifs is 2. The van der Waals surface area contributed by atoms with Gasteiger partial charge in [-0.05, 0) is 44.0 Å². The third kappa shape index (κ3) is 3.31. The van der Waals surface area contributed by atoms with E-state index in [-0.39, 0.29) is 17.5 Å². The molecule has 0 saturated heterocycles. The Labute approximate surface area is 169 Å². The first-order valence-corrected chi connectivity index (χ1v) is 9.70. The summed E-state index contributed by atoms with van der Waals surface area (Å²) in [4.78, 5) is 32.9. The van der Waals surface area contributed by atoms with E-state index in [9.17, 15) is 9.59 Å². The number of amides is 1. The van der Waals surface area contributed by atoms with Gasteiger partial charge in [-0.15, -0.1) is 0 Å². The summed E-state index contributed by atoms with van der Waals surface area (Å²) in [6, 6.07) is 15.3. The molecular formula is C23H24N4O2. The van der Waals surface area contributed by atoms with Gasteiger partial charge < -0.3 is 9.47 Å². The number of pyridine rings is 1. The second-order valence-corrected chi connectivity index (χ2v) is 7.69. The Morgan fingerprint density at radius 2 is 1.86 bits per heavy atom. The van der Waals surface area contributed by atoms with Crippen LogP contribution >= 0.6 is 0 Å². The SMILES string of the molecule is Cc1ccc2nc3c(cc(C(=O)N(Cc4ccccc4)C(C)C)n3C)c(=O)n2c1. The minimum Gasteiger partial charge on any atom is -0.331 e. The van der Waals surface area contributed by atoms with E-state index in [0.29, 0.717) is 28.9 Å². The van der Waals surface area contributed by atoms with Crippen molar-refractivity contribution in [1.29, 1.82) is 0 Å². The van der Waals surface area contributed by atoms with E-state index < -0.39 is 0 Å². The largest absolute Gasteiger partial charge is 0.331 e. The van der Waals surface area contributed by atoms with Crippen molar-refractivity contribution >= 4 is 22.6 Å². The number of carbonyl (C=O) groups excluding carboxylic acids is 1. The second-order valence-electron chi connectivity index (χ2n) is 7.69. The molecule has 0 fully saturated rings. The monoisotopic (exact) mass is 388 g/mol. The standard InChI is InChI=1S/C23H24N4O2/c1-15(2)26(14-17-8-6-5-7-9-17)23(29)19-12-18-21(25(19)4)24-20-11-10-16(3)13-27(20)22(18)28/h5-13,15H,14H2,1-4H3. The number of nitrogens with zero attached hydrogens (tertiary/aromatic N) is 4. The van der Waals surface area contributed by atoms with E-state index in [0.717, 1.165) is 11.1 Å². The molecule has 4 aromatic rings. The second kappa shape index (κ2) is 7.20. The van der Waals surface area contributed by atoms with Gasteiger partial charge >= 0.3 is 0 Å². The topological polar surface area (TPSA) is 59.6 Å². The number of carbonyl (C=O) groups is 1. The minimum atomic E-state index is -0.164. The molecule has 0 saturated carbocycles. The number of hydrogen-bond donors (Lipinski definition) is 0. The molecule has 3 aromatic heterocycles. The zero-order chi connectivity index (χ0) is 20.7. The van der Waals surface area contributed by atoms with Gasteiger partial charge in [0.05, 0.1) is 5.39 Å². The molecule has 0 aliphatic rings. The van der Waals surface area contributed by atoms with Gasteiger partial charge in [-0.25, -0.2) is 4.98 Å². The normalized spacial score (nSPS) is 11.5. The van der Waals surface area contributed by atoms with Crippen molar-refractivity contribution < 1.29 is 4.79 Å². The Balaban J connectivity index is 1.82. The van der Waals surface area contributed by atoms with Crippen LogP contribution in [0.25, 0.3) is 16.7 Å². The summed E-state index contributed by atoms with van der Waals surface area (Å²) in [6.07, 6.45) is 1.77. The Morgan fingerprint density at radius 1 is 1.14 bits per heavy atom. The fourth-order valence-corrected chi connectivity index (χ4v) is 3.60. The van der Waals surface area contributed by atoms with Crippen LogP contribution in [-0.2, 0) is 13.6 Å². The molecule has 4 rings (SSSR count). The summed E-state index contributed by atoms with van der Waals surface area (Å²) in [5.41, 5.74) is 3.42. The molecule has 1 amide bonds. The van der Waals surface area contributed by atoms with Crippen molar-refractivity contribution in [1.82, 2.24) is 18.9 Å². The molecule has 0 bridgehead atoms. The van der Waals surface area contributed by atoms with Gasteiger partial charge in [-0.1, -0.05) is 36.4 Å². The van der Waals surface area contributed by atoms with Crippen LogP contribution in [0.2, 0.25) is 0 Å². The minimum absolute atomic E-state index is 0.0106. The highest BCUT2D eigenvalue weighted by Gasteiger charge is 2.24. The van der Waals surface area contributed by atoms with Crippen molar-refractivity contribution in [3.8, 4) is 0 Å². The summed E-state index contributed by atoms with van der Waals surface area (Å²) < 4.78 is 3.26. The Morgan fingerprint density at radius 3 is 2.55 bits per heavy atom. The molecule has 1 aromatic carbocycles. The summed E-state index contributed by atoms with van der Waals surface area (Å²) in [5, 5.41) is 0.447. The zero-order valence-corrected chi connectivity index (χ0v) is 17.1. The number of aryl methyl sites for hydroxylation is 2. The van der Waals surface area contributed by atoms with Crippen LogP contribution in [0.15, 0.2) is 59.5 Å². The summed E-state index contributed by atoms with van der Waals surface area (Å²) in [7, 11) is 1.79. The van der Waals surface area contributed by atoms with Crippen molar-refractivity contribution in [2.75, 3.05) is 0 Å². The van der Waals surface area contributed by atoms with Gasteiger partial charge in [0, 0.05) is 25.8 Å². The van der Waals surface area contributed by atoms with Gasteiger partial charge in [-0.2, -0.15) is 0 Å². The molecule has 0 N–H and O–H groups in total. The number of benzene rings is 1. The van der Waals surface area contributed by atoms with Crippen molar-refractivity contribution in [3.05, 3.63) is 81.9 Å². The van der Waals surface area contributed by atoms with Gasteiger partial charge in [0.1, 0.15) is 17.0 Å². The van der Waals surface area contributed by atoms with Crippen molar-refractivity contribution in [2.45, 2.75) is 33.4 Å². The molecular weight excluding hydrogens is 364 g/mol. The van der Waals surface area contributed by atoms with Crippen LogP contribution in [0.3, 0.4) is 0 Å². The molecule has 0 aliphatic heterocycles. The van der Waals surface area contributed by atoms with Crippen LogP contribution < -0.4 is 5.56 Å². The smallest absolute Gasteiger partial charge is 0.271 e. The summed E-state index contributed by atoms with van der Waals surface area (Å²) in [6.45, 7) is 6.42. The van der Waals surface area contributed by atoms with Crippen LogP contribution in [0.5, 0.6) is 0 Å². The van der Waals surface area contributed by atoms with Crippen LogP contribution in [-0.4, -0.2) is 30.8 Å². The zero-order valence-electron chi connectivity index (χ0n) is 17.1. The van der Waals surface area contributed by atoms with Crippen molar-refractivity contribution in [2.24, 2.45) is 7.05 Å². The van der Waals surface area contributed by atoms with Crippen LogP contribution in [0, 0.1) is 6.92 Å². The van der Waals surface area contributed by atoms with E-state index in [1.54, 1.807) is 23.9 Å². The Bertz CT molecular complexity index is 1270. The lowest BCUT2D eigenvalue weighted by molar-refractivity contribution is 0.0681. The molecule has 0 aliphatic carbocycles. The molecule has 6 heteroatoms. The van der Waals surface area contributed by atoms with Gasteiger partial charge in [0.2, 0.25) is 0 Å². The highest BCUT2D eigenvalue weighted by atomic mass is 16.2. The lowest BCUT2D eigenvalue weighted by Crippen LogP contribution is -2.37. The van der Waals surface area contributed by atoms with Gasteiger partial charge in [-0.3, -0.25) is 14.0 Å². The molecule has 0 radical (unpaired) electrons. The summed E-state index contributed by atoms with van der Waals surface area (Å²) >= 11 is 0. The first kappa shape index (κ1) is 18.9. The molecule has 3 heterocycles. The molecule has 0 unspecified atom stereocenters. The van der Waals surface area contributed by atoms with E-state index in [4.69, 9.17) is 0 Å². The lowest BCUT2D eigenvalue weighted by Gasteiger charge is -2.27. The third-order valence-electron chi connectivity index (χ3n) is 5.24. The van der Waals surface area contributed by atoms with Crippen LogP contribution in [0.1, 0.15) is 35.5 Å². The third-order valence-corrected chi connectivity index (χ3v) is 5.24. The van der Waals surface area contributed by atoms with E-state index in [1.807, 2.05) is 68.1 Å². The number of aromatic nitrogens is 3. The predicted octanol–water partition coefficient (Wildman–Crippen LogP) is 3.55. The highest BCUT2D eigenvalue weighted by Crippen LogP contribution is 2.19. The first-order valence-electron chi connectivity index (χ1n) is 9.70. The molecule has 0 spiro atoms. The molecule has 6 nitrogen and oxygen atoms in total. The quantitative estimate of drug-likeness (QED) is 0.537. The lowest BCUT2D eigenvalue weighted by atomic mass is 10.1. The van der Waals surface area contributed by atoms with E-state index >= 15 is 0 Å². The van der Waals surface area contributed by atoms with E-state index in [1.165, 1.54) is 4.40 Å². The van der Waals surface area contributed by atoms with E-state index in [2.05, 4.69) is 4.98 Å². The average molecular weight is 388 g/mol. The van der Waals surface area contributed by atoms with Crippen molar-refractivity contribution in [3.63, 3.8) is 0 Å². The van der Waals surface area contributed by atoms with Gasteiger partial charge in [0.25, 0.3) is 11.5 Å². The molecule has 29 heavy (non-hydrogen) atoms. The maximum atomic E-state index is 13.4. The molecule has 0 atom stereocenters.